The van der Waals surface area contributed by atoms with Crippen molar-refractivity contribution in [2.45, 2.75) is 23.0 Å². The van der Waals surface area contributed by atoms with E-state index < -0.39 is 21.6 Å². The van der Waals surface area contributed by atoms with Crippen LogP contribution in [-0.2, 0) is 44.6 Å². The second kappa shape index (κ2) is 9.35. The van der Waals surface area contributed by atoms with E-state index in [-0.39, 0.29) is 0 Å². The van der Waals surface area contributed by atoms with Gasteiger partial charge in [-0.3, -0.25) is 8.42 Å². The summed E-state index contributed by atoms with van der Waals surface area (Å²) in [6.07, 6.45) is 0. The Bertz CT molecular complexity index is 1060. The van der Waals surface area contributed by atoms with E-state index in [1.807, 2.05) is 0 Å². The normalized spacial score (nSPS) is 18.4. The highest BCUT2D eigenvalue weighted by Crippen LogP contribution is 2.24. The highest BCUT2D eigenvalue weighted by Gasteiger charge is 2.08. The van der Waals surface area contributed by atoms with Crippen LogP contribution in [0.25, 0.3) is 22.3 Å². The van der Waals surface area contributed by atoms with E-state index in [0.29, 0.717) is 23.0 Å². The van der Waals surface area contributed by atoms with Crippen molar-refractivity contribution in [3.63, 3.8) is 0 Å². The molecule has 0 N–H and O–H groups in total. The lowest BCUT2D eigenvalue weighted by Crippen LogP contribution is -2.00. The monoisotopic (exact) mass is 456 g/mol. The summed E-state index contributed by atoms with van der Waals surface area (Å²) in [6, 6.07) is 33.2. The third kappa shape index (κ3) is 4.98. The van der Waals surface area contributed by atoms with E-state index >= 15 is 0 Å². The van der Waals surface area contributed by atoms with Crippen molar-refractivity contribution in [2.75, 3.05) is 0 Å². The molecule has 160 valence electrons. The first-order valence-electron chi connectivity index (χ1n) is 10.7. The van der Waals surface area contributed by atoms with Crippen molar-refractivity contribution < 1.29 is 8.42 Å². The molecule has 4 aromatic carbocycles. The van der Waals surface area contributed by atoms with Gasteiger partial charge in [0.1, 0.15) is 0 Å². The molecule has 0 unspecified atom stereocenters. The molecule has 0 spiro atoms. The maximum Gasteiger partial charge on any atom is 0.0489 e. The fraction of sp³-hybridized carbons (Fsp3) is 0.143. The van der Waals surface area contributed by atoms with Crippen LogP contribution < -0.4 is 0 Å². The van der Waals surface area contributed by atoms with E-state index in [4.69, 9.17) is 0 Å². The van der Waals surface area contributed by atoms with Crippen molar-refractivity contribution in [1.29, 1.82) is 0 Å². The first-order valence-corrected chi connectivity index (χ1v) is 13.7. The molecule has 0 aliphatic carbocycles. The molecule has 4 heteroatoms. The average Bonchev–Trinajstić information content (AvgIpc) is 2.81. The van der Waals surface area contributed by atoms with Crippen LogP contribution in [0, 0.1) is 0 Å². The molecule has 0 radical (unpaired) electrons. The smallest absolute Gasteiger partial charge is 0.0489 e. The second-order valence-corrected chi connectivity index (χ2v) is 11.2. The first kappa shape index (κ1) is 21.0. The Morgan fingerprint density at radius 2 is 0.531 bits per heavy atom. The van der Waals surface area contributed by atoms with Gasteiger partial charge in [-0.05, 0) is 44.5 Å². The first-order chi connectivity index (χ1) is 15.6. The van der Waals surface area contributed by atoms with Crippen LogP contribution in [0.3, 0.4) is 0 Å². The Hall–Kier alpha value is -2.82. The van der Waals surface area contributed by atoms with Crippen LogP contribution in [0.15, 0.2) is 97.1 Å². The Balaban J connectivity index is 1.47. The number of rotatable bonds is 0. The number of hydrogen-bond acceptors (Lipinski definition) is 2. The Labute approximate surface area is 194 Å². The molecule has 0 fully saturated rings. The van der Waals surface area contributed by atoms with Gasteiger partial charge in [-0.2, -0.15) is 0 Å². The summed E-state index contributed by atoms with van der Waals surface area (Å²) < 4.78 is 25.4. The fourth-order valence-corrected chi connectivity index (χ4v) is 6.48. The maximum absolute atomic E-state index is 12.7. The van der Waals surface area contributed by atoms with Gasteiger partial charge in [-0.1, -0.05) is 97.1 Å². The maximum atomic E-state index is 12.7. The molecule has 0 atom stereocenters. The number of hydrogen-bond donors (Lipinski definition) is 0. The third-order valence-corrected chi connectivity index (χ3v) is 8.41. The lowest BCUT2D eigenvalue weighted by atomic mass is 10.0. The predicted molar refractivity (Wildman–Crippen MR) is 135 cm³/mol. The molecule has 8 bridgehead atoms. The van der Waals surface area contributed by atoms with Crippen LogP contribution in [0.2, 0.25) is 0 Å². The van der Waals surface area contributed by atoms with Crippen molar-refractivity contribution in [2.24, 2.45) is 0 Å². The van der Waals surface area contributed by atoms with Crippen molar-refractivity contribution >= 4 is 21.6 Å². The quantitative estimate of drug-likeness (QED) is 0.314. The van der Waals surface area contributed by atoms with E-state index in [1.54, 1.807) is 0 Å². The van der Waals surface area contributed by atoms with Gasteiger partial charge < -0.3 is 0 Å². The zero-order valence-corrected chi connectivity index (χ0v) is 19.3. The van der Waals surface area contributed by atoms with Gasteiger partial charge >= 0.3 is 0 Å². The van der Waals surface area contributed by atoms with Gasteiger partial charge in [0.05, 0.1) is 0 Å². The van der Waals surface area contributed by atoms with Crippen LogP contribution in [-0.4, -0.2) is 8.42 Å². The molecule has 7 aliphatic rings. The molecule has 7 heterocycles. The Morgan fingerprint density at radius 3 is 0.719 bits per heavy atom. The molecule has 0 saturated carbocycles. The molecule has 11 rings (SSSR count). The summed E-state index contributed by atoms with van der Waals surface area (Å²) in [4.78, 5) is 0. The summed E-state index contributed by atoms with van der Waals surface area (Å²) >= 11 is 0. The lowest BCUT2D eigenvalue weighted by molar-refractivity contribution is 0.681. The highest BCUT2D eigenvalue weighted by atomic mass is 32.2. The van der Waals surface area contributed by atoms with Crippen molar-refractivity contribution in [3.05, 3.63) is 119 Å². The van der Waals surface area contributed by atoms with Crippen LogP contribution in [0.1, 0.15) is 22.3 Å². The minimum atomic E-state index is -0.956. The lowest BCUT2D eigenvalue weighted by Gasteiger charge is -2.09. The molecule has 0 aromatic heterocycles. The molecule has 0 amide bonds. The molecule has 7 aliphatic heterocycles. The summed E-state index contributed by atoms with van der Waals surface area (Å²) in [7, 11) is -1.91. The zero-order chi connectivity index (χ0) is 21.9. The Kier molecular flexibility index (Phi) is 6.15. The molecule has 0 saturated heterocycles. The van der Waals surface area contributed by atoms with E-state index in [9.17, 15) is 8.42 Å². The molecular formula is C28H24O2S2. The van der Waals surface area contributed by atoms with E-state index in [0.717, 1.165) is 44.5 Å². The van der Waals surface area contributed by atoms with Gasteiger partial charge in [0.25, 0.3) is 0 Å². The van der Waals surface area contributed by atoms with Gasteiger partial charge in [0.15, 0.2) is 0 Å². The largest absolute Gasteiger partial charge is 0.259 e. The SMILES string of the molecule is O=S1Cc2ccc(cc2)-c2ccc(cc2)CS(=O)Cc2ccc(cc2)-c2ccc(cc2)C1. The van der Waals surface area contributed by atoms with Gasteiger partial charge in [0, 0.05) is 44.6 Å². The second-order valence-electron chi connectivity index (χ2n) is 8.24. The zero-order valence-electron chi connectivity index (χ0n) is 17.7. The standard InChI is InChI=1S/C28H24O2S2/c29-31-17-21-1-9-25(10-2-21)26-11-3-23(4-12-26)19-32(30)20-24-7-15-28(16-8-24)27-13-5-22(18-31)6-14-27/h1-16H,17-20H2. The Morgan fingerprint density at radius 1 is 0.344 bits per heavy atom. The topological polar surface area (TPSA) is 34.1 Å². The van der Waals surface area contributed by atoms with Crippen molar-refractivity contribution in [3.8, 4) is 22.3 Å². The average molecular weight is 457 g/mol. The minimum absolute atomic E-state index is 0.550. The van der Waals surface area contributed by atoms with Crippen LogP contribution in [0.5, 0.6) is 0 Å². The number of benzene rings is 4. The molecule has 4 aromatic rings. The van der Waals surface area contributed by atoms with Gasteiger partial charge in [0.2, 0.25) is 0 Å². The fourth-order valence-electron chi connectivity index (χ4n) is 4.02. The summed E-state index contributed by atoms with van der Waals surface area (Å²) in [5.74, 6) is 2.20. The van der Waals surface area contributed by atoms with Crippen LogP contribution >= 0.6 is 0 Å². The van der Waals surface area contributed by atoms with Gasteiger partial charge in [-0.25, -0.2) is 0 Å². The van der Waals surface area contributed by atoms with E-state index in [2.05, 4.69) is 97.1 Å². The predicted octanol–water partition coefficient (Wildman–Crippen LogP) is 6.23. The minimum Gasteiger partial charge on any atom is -0.259 e. The molecule has 32 heavy (non-hydrogen) atoms. The van der Waals surface area contributed by atoms with Crippen LogP contribution in [0.4, 0.5) is 0 Å². The highest BCUT2D eigenvalue weighted by molar-refractivity contribution is 7.83. The van der Waals surface area contributed by atoms with Gasteiger partial charge in [-0.15, -0.1) is 0 Å². The molecule has 2 nitrogen and oxygen atoms in total. The summed E-state index contributed by atoms with van der Waals surface area (Å²) in [5, 5.41) is 0. The summed E-state index contributed by atoms with van der Waals surface area (Å²) in [6.45, 7) is 0. The van der Waals surface area contributed by atoms with Crippen molar-refractivity contribution in [1.82, 2.24) is 0 Å². The van der Waals surface area contributed by atoms with E-state index in [1.165, 1.54) is 0 Å². The third-order valence-electron chi connectivity index (χ3n) is 5.79. The summed E-state index contributed by atoms with van der Waals surface area (Å²) in [5.41, 5.74) is 8.84. The molecular weight excluding hydrogens is 432 g/mol.